The van der Waals surface area contributed by atoms with E-state index in [4.69, 9.17) is 0 Å². The van der Waals surface area contributed by atoms with Crippen molar-refractivity contribution in [1.82, 2.24) is 9.97 Å². The van der Waals surface area contributed by atoms with Crippen molar-refractivity contribution in [2.75, 3.05) is 0 Å². The van der Waals surface area contributed by atoms with Crippen molar-refractivity contribution in [1.29, 1.82) is 5.26 Å². The van der Waals surface area contributed by atoms with Gasteiger partial charge in [0.2, 0.25) is 0 Å². The van der Waals surface area contributed by atoms with Gasteiger partial charge < -0.3 is 4.98 Å². The third-order valence-corrected chi connectivity index (χ3v) is 5.38. The molecule has 25 heavy (non-hydrogen) atoms. The molecule has 0 spiro atoms. The number of Topliss-reactive ketones (excluding diaryl/α,β-unsaturated/α-hetero) is 1. The first kappa shape index (κ1) is 17.1. The summed E-state index contributed by atoms with van der Waals surface area (Å²) < 4.78 is 0. The molecule has 1 atom stereocenters. The second-order valence-corrected chi connectivity index (χ2v) is 7.31. The van der Waals surface area contributed by atoms with Crippen LogP contribution in [0.1, 0.15) is 33.3 Å². The first-order chi connectivity index (χ1) is 11.9. The number of benzene rings is 1. The molecule has 0 radical (unpaired) electrons. The number of carbonyl (C=O) groups is 1. The number of fused-ring (bicyclic) bond motifs is 1. The fraction of sp³-hybridized carbons (Fsp3) is 0.263. The molecule has 1 aromatic carbocycles. The summed E-state index contributed by atoms with van der Waals surface area (Å²) >= 11 is 1.40. The van der Waals surface area contributed by atoms with Crippen molar-refractivity contribution in [3.8, 4) is 6.07 Å². The summed E-state index contributed by atoms with van der Waals surface area (Å²) in [6.45, 7) is 5.76. The summed E-state index contributed by atoms with van der Waals surface area (Å²) in [4.78, 5) is 33.5. The van der Waals surface area contributed by atoms with Gasteiger partial charge in [-0.25, -0.2) is 4.98 Å². The van der Waals surface area contributed by atoms with Crippen molar-refractivity contribution < 1.29 is 4.79 Å². The number of hydrogen-bond acceptors (Lipinski definition) is 5. The largest absolute Gasteiger partial charge is 0.308 e. The topological polar surface area (TPSA) is 86.6 Å². The maximum Gasteiger partial charge on any atom is 0.259 e. The summed E-state index contributed by atoms with van der Waals surface area (Å²) in [5.74, 6) is -1.24. The van der Waals surface area contributed by atoms with Crippen LogP contribution in [0.25, 0.3) is 10.2 Å². The Labute approximate surface area is 149 Å². The Hall–Kier alpha value is -2.78. The molecule has 0 saturated heterocycles. The smallest absolute Gasteiger partial charge is 0.259 e. The van der Waals surface area contributed by atoms with Crippen LogP contribution in [0.3, 0.4) is 0 Å². The minimum absolute atomic E-state index is 0.123. The number of aryl methyl sites for hydroxylation is 3. The highest BCUT2D eigenvalue weighted by molar-refractivity contribution is 7.18. The quantitative estimate of drug-likeness (QED) is 0.781. The molecule has 0 bridgehead atoms. The van der Waals surface area contributed by atoms with E-state index in [0.29, 0.717) is 10.2 Å². The normalized spacial score (nSPS) is 12.1. The Morgan fingerprint density at radius 2 is 1.96 bits per heavy atom. The van der Waals surface area contributed by atoms with Gasteiger partial charge in [0, 0.05) is 11.3 Å². The van der Waals surface area contributed by atoms with Crippen LogP contribution >= 0.6 is 11.3 Å². The number of ketones is 1. The first-order valence-corrected chi connectivity index (χ1v) is 8.70. The van der Waals surface area contributed by atoms with Crippen molar-refractivity contribution >= 4 is 27.3 Å². The van der Waals surface area contributed by atoms with Crippen molar-refractivity contribution in [2.45, 2.75) is 33.1 Å². The van der Waals surface area contributed by atoms with Gasteiger partial charge in [-0.2, -0.15) is 5.26 Å². The molecule has 5 nitrogen and oxygen atoms in total. The van der Waals surface area contributed by atoms with Crippen LogP contribution in [0, 0.1) is 32.1 Å². The molecule has 0 aliphatic heterocycles. The van der Waals surface area contributed by atoms with Crippen LogP contribution in [0.5, 0.6) is 0 Å². The summed E-state index contributed by atoms with van der Waals surface area (Å²) in [5.41, 5.74) is 2.53. The molecule has 0 amide bonds. The molecule has 1 N–H and O–H groups in total. The van der Waals surface area contributed by atoms with Gasteiger partial charge in [-0.1, -0.05) is 29.8 Å². The lowest BCUT2D eigenvalue weighted by molar-refractivity contribution is -0.118. The molecule has 0 fully saturated rings. The molecular weight excluding hydrogens is 334 g/mol. The lowest BCUT2D eigenvalue weighted by Crippen LogP contribution is -2.20. The zero-order valence-electron chi connectivity index (χ0n) is 14.2. The Morgan fingerprint density at radius 3 is 2.60 bits per heavy atom. The average molecular weight is 351 g/mol. The molecule has 2 heterocycles. The molecule has 3 aromatic rings. The third kappa shape index (κ3) is 3.24. The monoisotopic (exact) mass is 351 g/mol. The van der Waals surface area contributed by atoms with Gasteiger partial charge in [0.25, 0.3) is 5.56 Å². The van der Waals surface area contributed by atoms with E-state index in [1.807, 2.05) is 51.1 Å². The maximum absolute atomic E-state index is 12.6. The second kappa shape index (κ2) is 6.61. The van der Waals surface area contributed by atoms with E-state index in [1.165, 1.54) is 11.3 Å². The van der Waals surface area contributed by atoms with E-state index in [2.05, 4.69) is 9.97 Å². The van der Waals surface area contributed by atoms with E-state index >= 15 is 0 Å². The van der Waals surface area contributed by atoms with Crippen LogP contribution in [0.15, 0.2) is 29.1 Å². The van der Waals surface area contributed by atoms with Crippen LogP contribution in [0.2, 0.25) is 0 Å². The van der Waals surface area contributed by atoms with Crippen LogP contribution in [-0.4, -0.2) is 15.8 Å². The molecule has 3 rings (SSSR count). The van der Waals surface area contributed by atoms with Crippen molar-refractivity contribution in [3.63, 3.8) is 0 Å². The number of aromatic amines is 1. The maximum atomic E-state index is 12.6. The number of aromatic nitrogens is 2. The van der Waals surface area contributed by atoms with E-state index in [1.54, 1.807) is 0 Å². The van der Waals surface area contributed by atoms with Gasteiger partial charge in [0.05, 0.1) is 11.5 Å². The number of rotatable bonds is 4. The van der Waals surface area contributed by atoms with E-state index in [9.17, 15) is 14.9 Å². The predicted octanol–water partition coefficient (Wildman–Crippen LogP) is 3.33. The van der Waals surface area contributed by atoms with Gasteiger partial charge in [-0.15, -0.1) is 11.3 Å². The molecule has 126 valence electrons. The minimum Gasteiger partial charge on any atom is -0.308 e. The zero-order chi connectivity index (χ0) is 18.1. The molecule has 0 aliphatic rings. The van der Waals surface area contributed by atoms with Gasteiger partial charge in [-0.3, -0.25) is 9.59 Å². The van der Waals surface area contributed by atoms with E-state index in [0.717, 1.165) is 21.6 Å². The fourth-order valence-electron chi connectivity index (χ4n) is 2.70. The molecule has 0 saturated carbocycles. The van der Waals surface area contributed by atoms with Gasteiger partial charge >= 0.3 is 0 Å². The lowest BCUT2D eigenvalue weighted by atomic mass is 9.97. The number of nitrogens with zero attached hydrogens (tertiary/aromatic N) is 2. The molecular formula is C19H17N3O2S. The summed E-state index contributed by atoms with van der Waals surface area (Å²) in [5, 5.41) is 10.0. The molecule has 0 unspecified atom stereocenters. The molecule has 6 heteroatoms. The predicted molar refractivity (Wildman–Crippen MR) is 98.0 cm³/mol. The second-order valence-electron chi connectivity index (χ2n) is 6.11. The third-order valence-electron chi connectivity index (χ3n) is 4.28. The summed E-state index contributed by atoms with van der Waals surface area (Å²) in [6.07, 6.45) is 0.128. The van der Waals surface area contributed by atoms with Crippen LogP contribution in [0.4, 0.5) is 0 Å². The highest BCUT2D eigenvalue weighted by atomic mass is 32.1. The SMILES string of the molecule is Cc1ccc(CC(=O)[C@@H](C#N)c2nc3sc(C)c(C)c3c(=O)[nH]2)cc1. The van der Waals surface area contributed by atoms with Gasteiger partial charge in [0.15, 0.2) is 11.7 Å². The Balaban J connectivity index is 1.96. The Bertz CT molecular complexity index is 1060. The molecule has 0 aliphatic carbocycles. The lowest BCUT2D eigenvalue weighted by Gasteiger charge is -2.08. The number of nitriles is 1. The number of H-pyrrole nitrogens is 1. The van der Waals surface area contributed by atoms with Crippen molar-refractivity contribution in [3.05, 3.63) is 62.0 Å². The van der Waals surface area contributed by atoms with E-state index in [-0.39, 0.29) is 23.6 Å². The number of hydrogen-bond donors (Lipinski definition) is 1. The highest BCUT2D eigenvalue weighted by Gasteiger charge is 2.24. The fourth-order valence-corrected chi connectivity index (χ4v) is 3.74. The average Bonchev–Trinajstić information content (AvgIpc) is 2.85. The van der Waals surface area contributed by atoms with Gasteiger partial charge in [0.1, 0.15) is 10.7 Å². The van der Waals surface area contributed by atoms with E-state index < -0.39 is 5.92 Å². The van der Waals surface area contributed by atoms with Crippen LogP contribution in [-0.2, 0) is 11.2 Å². The summed E-state index contributed by atoms with van der Waals surface area (Å²) in [7, 11) is 0. The summed E-state index contributed by atoms with van der Waals surface area (Å²) in [6, 6.07) is 9.57. The first-order valence-electron chi connectivity index (χ1n) is 7.88. The molecule has 2 aromatic heterocycles. The minimum atomic E-state index is -1.08. The van der Waals surface area contributed by atoms with Gasteiger partial charge in [-0.05, 0) is 31.9 Å². The number of thiophene rings is 1. The van der Waals surface area contributed by atoms with Crippen LogP contribution < -0.4 is 5.56 Å². The Morgan fingerprint density at radius 1 is 1.28 bits per heavy atom. The highest BCUT2D eigenvalue weighted by Crippen LogP contribution is 2.27. The Kier molecular flexibility index (Phi) is 4.51. The van der Waals surface area contributed by atoms with Crippen molar-refractivity contribution in [2.24, 2.45) is 0 Å². The standard InChI is InChI=1S/C19H17N3O2S/c1-10-4-6-13(7-5-10)8-15(23)14(9-20)17-21-18(24)16-11(2)12(3)25-19(16)22-17/h4-7,14H,8H2,1-3H3,(H,21,22,24)/t14-/m1/s1. The number of nitrogens with one attached hydrogen (secondary N) is 1. The zero-order valence-corrected chi connectivity index (χ0v) is 15.0. The number of carbonyl (C=O) groups excluding carboxylic acids is 1.